The molecule has 1 aliphatic rings. The summed E-state index contributed by atoms with van der Waals surface area (Å²) in [5, 5.41) is 5.70. The van der Waals surface area contributed by atoms with Crippen LogP contribution < -0.4 is 11.1 Å². The van der Waals surface area contributed by atoms with Gasteiger partial charge < -0.3 is 15.8 Å². The summed E-state index contributed by atoms with van der Waals surface area (Å²) < 4.78 is 5.47. The van der Waals surface area contributed by atoms with Gasteiger partial charge in [0.1, 0.15) is 11.3 Å². The number of hydrogen-bond acceptors (Lipinski definition) is 5. The third kappa shape index (κ3) is 3.43. The molecule has 0 spiro atoms. The molecule has 1 aromatic heterocycles. The third-order valence-electron chi connectivity index (χ3n) is 4.65. The molecule has 25 heavy (non-hydrogen) atoms. The first kappa shape index (κ1) is 16.2. The number of benzene rings is 2. The maximum absolute atomic E-state index is 6.10. The molecular weight excluding hydrogens is 330 g/mol. The van der Waals surface area contributed by atoms with Crippen molar-refractivity contribution >= 4 is 34.9 Å². The summed E-state index contributed by atoms with van der Waals surface area (Å²) in [5.74, 6) is 0.885. The highest BCUT2D eigenvalue weighted by molar-refractivity contribution is 7.80. The number of rotatable bonds is 3. The summed E-state index contributed by atoms with van der Waals surface area (Å²) in [7, 11) is 0. The van der Waals surface area contributed by atoms with Crippen molar-refractivity contribution in [3.05, 3.63) is 54.7 Å². The van der Waals surface area contributed by atoms with Gasteiger partial charge in [-0.3, -0.25) is 0 Å². The van der Waals surface area contributed by atoms with Gasteiger partial charge in [0.2, 0.25) is 0 Å². The number of pyridine rings is 1. The highest BCUT2D eigenvalue weighted by Crippen LogP contribution is 2.32. The van der Waals surface area contributed by atoms with Gasteiger partial charge in [0, 0.05) is 35.3 Å². The minimum atomic E-state index is 0.00617. The van der Waals surface area contributed by atoms with Gasteiger partial charge in [0.05, 0.1) is 6.61 Å². The fraction of sp³-hybridized carbons (Fsp3) is 0.250. The van der Waals surface area contributed by atoms with Crippen LogP contribution in [-0.4, -0.2) is 23.1 Å². The predicted molar refractivity (Wildman–Crippen MR) is 107 cm³/mol. The highest BCUT2D eigenvalue weighted by atomic mass is 32.1. The second-order valence-electron chi connectivity index (χ2n) is 6.37. The third-order valence-corrected chi connectivity index (χ3v) is 5.01. The van der Waals surface area contributed by atoms with E-state index >= 15 is 0 Å². The molecule has 128 valence electrons. The number of anilines is 2. The molecule has 0 bridgehead atoms. The largest absolute Gasteiger partial charge is 0.398 e. The summed E-state index contributed by atoms with van der Waals surface area (Å²) in [6.07, 6.45) is 3.77. The quantitative estimate of drug-likeness (QED) is 0.485. The minimum absolute atomic E-state index is 0.00617. The average Bonchev–Trinajstić information content (AvgIpc) is 2.63. The van der Waals surface area contributed by atoms with E-state index in [1.165, 1.54) is 0 Å². The molecule has 4 rings (SSSR count). The average molecular weight is 351 g/mol. The Morgan fingerprint density at radius 1 is 1.08 bits per heavy atom. The van der Waals surface area contributed by atoms with Crippen LogP contribution in [0.4, 0.5) is 11.5 Å². The predicted octanol–water partition coefficient (Wildman–Crippen LogP) is 4.33. The van der Waals surface area contributed by atoms with Crippen LogP contribution in [0.2, 0.25) is 0 Å². The lowest BCUT2D eigenvalue weighted by molar-refractivity contribution is 0.0680. The van der Waals surface area contributed by atoms with Crippen molar-refractivity contribution in [1.29, 1.82) is 0 Å². The molecule has 0 amide bonds. The lowest BCUT2D eigenvalue weighted by Gasteiger charge is -2.27. The molecule has 0 aliphatic carbocycles. The van der Waals surface area contributed by atoms with Gasteiger partial charge in [0.15, 0.2) is 0 Å². The van der Waals surface area contributed by atoms with E-state index in [2.05, 4.69) is 47.2 Å². The highest BCUT2D eigenvalue weighted by Gasteiger charge is 2.20. The number of nitrogen functional groups attached to an aromatic ring is 1. The van der Waals surface area contributed by atoms with Crippen LogP contribution in [0, 0.1) is 0 Å². The van der Waals surface area contributed by atoms with Gasteiger partial charge in [-0.05, 0) is 35.6 Å². The molecule has 0 radical (unpaired) electrons. The number of nitrogens with zero attached hydrogens (tertiary/aromatic N) is 1. The zero-order chi connectivity index (χ0) is 17.2. The van der Waals surface area contributed by atoms with E-state index in [4.69, 9.17) is 10.5 Å². The monoisotopic (exact) mass is 351 g/mol. The number of aromatic nitrogens is 1. The Morgan fingerprint density at radius 2 is 1.92 bits per heavy atom. The maximum atomic E-state index is 6.10. The van der Waals surface area contributed by atoms with E-state index < -0.39 is 0 Å². The molecule has 1 aliphatic heterocycles. The Bertz CT molecular complexity index is 882. The molecule has 1 saturated heterocycles. The van der Waals surface area contributed by atoms with Crippen molar-refractivity contribution in [2.45, 2.75) is 24.3 Å². The number of thiol groups is 1. The number of ether oxygens (including phenoxy) is 1. The Labute approximate surface area is 152 Å². The summed E-state index contributed by atoms with van der Waals surface area (Å²) in [6.45, 7) is 0.737. The Balaban J connectivity index is 1.59. The summed E-state index contributed by atoms with van der Waals surface area (Å²) in [6, 6.07) is 16.7. The first-order valence-electron chi connectivity index (χ1n) is 8.50. The normalized spacial score (nSPS) is 20.5. The number of nitrogens with one attached hydrogen (secondary N) is 1. The topological polar surface area (TPSA) is 60.2 Å². The summed E-state index contributed by atoms with van der Waals surface area (Å²) >= 11 is 4.40. The SMILES string of the molecule is Nc1ccc(-c2ccc(NC3CCOC(S)C3)nc2)c2ccccc12. The molecule has 2 aromatic carbocycles. The van der Waals surface area contributed by atoms with Crippen molar-refractivity contribution in [2.24, 2.45) is 0 Å². The van der Waals surface area contributed by atoms with Crippen LogP contribution in [0.25, 0.3) is 21.9 Å². The fourth-order valence-corrected chi connectivity index (χ4v) is 3.69. The van der Waals surface area contributed by atoms with Crippen molar-refractivity contribution in [3.63, 3.8) is 0 Å². The van der Waals surface area contributed by atoms with Gasteiger partial charge in [-0.1, -0.05) is 30.3 Å². The molecule has 3 aromatic rings. The van der Waals surface area contributed by atoms with Crippen LogP contribution in [0.1, 0.15) is 12.8 Å². The van der Waals surface area contributed by atoms with Crippen LogP contribution in [-0.2, 0) is 4.74 Å². The molecule has 1 fully saturated rings. The van der Waals surface area contributed by atoms with E-state index in [0.29, 0.717) is 6.04 Å². The lowest BCUT2D eigenvalue weighted by atomic mass is 9.98. The van der Waals surface area contributed by atoms with E-state index in [1.807, 2.05) is 30.5 Å². The smallest absolute Gasteiger partial charge is 0.126 e. The number of fused-ring (bicyclic) bond motifs is 1. The maximum Gasteiger partial charge on any atom is 0.126 e. The second-order valence-corrected chi connectivity index (χ2v) is 6.95. The van der Waals surface area contributed by atoms with Gasteiger partial charge in [-0.25, -0.2) is 4.98 Å². The van der Waals surface area contributed by atoms with Crippen molar-refractivity contribution < 1.29 is 4.74 Å². The molecule has 2 heterocycles. The van der Waals surface area contributed by atoms with Crippen LogP contribution in [0.3, 0.4) is 0 Å². The van der Waals surface area contributed by atoms with E-state index in [9.17, 15) is 0 Å². The molecule has 2 unspecified atom stereocenters. The van der Waals surface area contributed by atoms with Crippen LogP contribution >= 0.6 is 12.6 Å². The first-order valence-corrected chi connectivity index (χ1v) is 9.02. The van der Waals surface area contributed by atoms with Gasteiger partial charge in [0.25, 0.3) is 0 Å². The van der Waals surface area contributed by atoms with Crippen LogP contribution in [0.5, 0.6) is 0 Å². The van der Waals surface area contributed by atoms with E-state index in [1.54, 1.807) is 0 Å². The number of hydrogen-bond donors (Lipinski definition) is 3. The van der Waals surface area contributed by atoms with Gasteiger partial charge in [-0.2, -0.15) is 0 Å². The molecule has 3 N–H and O–H groups in total. The molecule has 4 nitrogen and oxygen atoms in total. The second kappa shape index (κ2) is 6.94. The summed E-state index contributed by atoms with van der Waals surface area (Å²) in [5.41, 5.74) is 9.13. The zero-order valence-corrected chi connectivity index (χ0v) is 14.7. The number of nitrogens with two attached hydrogens (primary N) is 1. The molecular formula is C20H21N3OS. The van der Waals surface area contributed by atoms with Crippen molar-refractivity contribution in [1.82, 2.24) is 4.98 Å². The minimum Gasteiger partial charge on any atom is -0.398 e. The van der Waals surface area contributed by atoms with Crippen LogP contribution in [0.15, 0.2) is 54.7 Å². The van der Waals surface area contributed by atoms with Crippen molar-refractivity contribution in [2.75, 3.05) is 17.7 Å². The standard InChI is InChI=1S/C20H21N3OS/c21-18-7-6-15(16-3-1-2-4-17(16)18)13-5-8-19(22-12-13)23-14-9-10-24-20(25)11-14/h1-8,12,14,20,25H,9-11,21H2,(H,22,23). The van der Waals surface area contributed by atoms with E-state index in [0.717, 1.165) is 52.9 Å². The van der Waals surface area contributed by atoms with Gasteiger partial charge >= 0.3 is 0 Å². The Kier molecular flexibility index (Phi) is 4.51. The first-order chi connectivity index (χ1) is 12.2. The molecule has 5 heteroatoms. The summed E-state index contributed by atoms with van der Waals surface area (Å²) in [4.78, 5) is 4.60. The van der Waals surface area contributed by atoms with E-state index in [-0.39, 0.29) is 5.44 Å². The fourth-order valence-electron chi connectivity index (χ4n) is 3.33. The van der Waals surface area contributed by atoms with Crippen molar-refractivity contribution in [3.8, 4) is 11.1 Å². The molecule has 0 saturated carbocycles. The lowest BCUT2D eigenvalue weighted by Crippen LogP contribution is -2.31. The Morgan fingerprint density at radius 3 is 2.68 bits per heavy atom. The molecule has 2 atom stereocenters. The van der Waals surface area contributed by atoms with Gasteiger partial charge in [-0.15, -0.1) is 12.6 Å². The zero-order valence-electron chi connectivity index (χ0n) is 13.9. The Hall–Kier alpha value is -2.24.